The maximum Gasteiger partial charge on any atom is 0.306 e. The molecule has 158 valence electrons. The van der Waals surface area contributed by atoms with Crippen molar-refractivity contribution in [3.63, 3.8) is 0 Å². The summed E-state index contributed by atoms with van der Waals surface area (Å²) >= 11 is 0. The van der Waals surface area contributed by atoms with Gasteiger partial charge in [-0.3, -0.25) is 9.59 Å². The molecule has 0 fully saturated rings. The Bertz CT molecular complexity index is 578. The van der Waals surface area contributed by atoms with E-state index < -0.39 is 5.60 Å². The minimum Gasteiger partial charge on any atom is -0.463 e. The van der Waals surface area contributed by atoms with Crippen molar-refractivity contribution in [1.29, 1.82) is 0 Å². The highest BCUT2D eigenvalue weighted by Crippen LogP contribution is 2.24. The van der Waals surface area contributed by atoms with Crippen molar-refractivity contribution in [2.24, 2.45) is 23.7 Å². The van der Waals surface area contributed by atoms with Gasteiger partial charge in [-0.05, 0) is 45.4 Å². The van der Waals surface area contributed by atoms with Crippen molar-refractivity contribution in [3.8, 4) is 24.7 Å². The van der Waals surface area contributed by atoms with Crippen LogP contribution in [0.5, 0.6) is 0 Å². The van der Waals surface area contributed by atoms with Crippen LogP contribution in [0, 0.1) is 48.4 Å². The Morgan fingerprint density at radius 1 is 0.857 bits per heavy atom. The molecule has 28 heavy (non-hydrogen) atoms. The van der Waals surface area contributed by atoms with Crippen LogP contribution < -0.4 is 0 Å². The van der Waals surface area contributed by atoms with Crippen LogP contribution in [0.2, 0.25) is 0 Å². The highest BCUT2D eigenvalue weighted by molar-refractivity contribution is 5.70. The van der Waals surface area contributed by atoms with Gasteiger partial charge in [0.05, 0.1) is 0 Å². The van der Waals surface area contributed by atoms with E-state index in [1.54, 1.807) is 0 Å². The first-order valence-corrected chi connectivity index (χ1v) is 10.2. The van der Waals surface area contributed by atoms with Crippen LogP contribution in [0.4, 0.5) is 0 Å². The van der Waals surface area contributed by atoms with E-state index in [0.29, 0.717) is 25.7 Å². The van der Waals surface area contributed by atoms with Crippen molar-refractivity contribution in [3.05, 3.63) is 0 Å². The van der Waals surface area contributed by atoms with Gasteiger partial charge in [-0.15, -0.1) is 24.7 Å². The summed E-state index contributed by atoms with van der Waals surface area (Å²) in [4.78, 5) is 24.3. The molecule has 0 aromatic heterocycles. The molecule has 0 radical (unpaired) electrons. The summed E-state index contributed by atoms with van der Waals surface area (Å²) in [6.45, 7) is 13.5. The van der Waals surface area contributed by atoms with Gasteiger partial charge in [0.15, 0.2) is 0 Å². The molecule has 0 saturated heterocycles. The Kier molecular flexibility index (Phi) is 11.6. The molecule has 0 amide bonds. The molecule has 4 heteroatoms. The van der Waals surface area contributed by atoms with Gasteiger partial charge in [0.1, 0.15) is 11.7 Å². The van der Waals surface area contributed by atoms with E-state index >= 15 is 0 Å². The van der Waals surface area contributed by atoms with Gasteiger partial charge in [0.25, 0.3) is 0 Å². The van der Waals surface area contributed by atoms with E-state index in [4.69, 9.17) is 22.3 Å². The fourth-order valence-corrected chi connectivity index (χ4v) is 3.50. The second-order valence-electron chi connectivity index (χ2n) is 8.96. The highest BCUT2D eigenvalue weighted by Gasteiger charge is 2.26. The summed E-state index contributed by atoms with van der Waals surface area (Å²) in [5.74, 6) is 5.24. The fraction of sp³-hybridized carbons (Fsp3) is 0.750. The maximum absolute atomic E-state index is 12.2. The lowest BCUT2D eigenvalue weighted by Crippen LogP contribution is -2.30. The maximum atomic E-state index is 12.2. The smallest absolute Gasteiger partial charge is 0.306 e. The van der Waals surface area contributed by atoms with Gasteiger partial charge in [-0.25, -0.2) is 0 Å². The molecule has 0 heterocycles. The number of esters is 2. The lowest BCUT2D eigenvalue weighted by molar-refractivity contribution is -0.158. The summed E-state index contributed by atoms with van der Waals surface area (Å²) in [5.41, 5.74) is -0.580. The molecule has 0 bridgehead atoms. The summed E-state index contributed by atoms with van der Waals surface area (Å²) in [7, 11) is 0. The third-order valence-electron chi connectivity index (χ3n) is 4.61. The second-order valence-corrected chi connectivity index (χ2v) is 8.96. The zero-order valence-electron chi connectivity index (χ0n) is 18.7. The van der Waals surface area contributed by atoms with Crippen molar-refractivity contribution >= 4 is 11.9 Å². The van der Waals surface area contributed by atoms with E-state index in [9.17, 15) is 9.59 Å². The van der Waals surface area contributed by atoms with Crippen LogP contribution in [-0.4, -0.2) is 23.6 Å². The fourth-order valence-electron chi connectivity index (χ4n) is 3.50. The second kappa shape index (κ2) is 12.5. The Morgan fingerprint density at radius 2 is 1.36 bits per heavy atom. The van der Waals surface area contributed by atoms with E-state index in [1.807, 2.05) is 48.5 Å². The Morgan fingerprint density at radius 3 is 1.86 bits per heavy atom. The number of carbonyl (C=O) groups excluding carboxylic acids is 2. The molecule has 0 N–H and O–H groups in total. The van der Waals surface area contributed by atoms with Crippen LogP contribution in [0.25, 0.3) is 0 Å². The highest BCUT2D eigenvalue weighted by atomic mass is 16.6. The van der Waals surface area contributed by atoms with Crippen molar-refractivity contribution in [1.82, 2.24) is 0 Å². The molecular weight excluding hydrogens is 352 g/mol. The molecule has 0 aliphatic rings. The van der Waals surface area contributed by atoms with Crippen LogP contribution in [0.1, 0.15) is 80.6 Å². The van der Waals surface area contributed by atoms with Gasteiger partial charge in [-0.1, -0.05) is 27.7 Å². The first-order valence-electron chi connectivity index (χ1n) is 10.2. The van der Waals surface area contributed by atoms with E-state index in [0.717, 1.165) is 6.42 Å². The predicted molar refractivity (Wildman–Crippen MR) is 113 cm³/mol. The van der Waals surface area contributed by atoms with Crippen LogP contribution in [0.15, 0.2) is 0 Å². The standard InChI is InChI=1S/C24H38O4/c1-10-17(3)13-21(7)27-22(25)14-19(5)12-20(6)15-23(26)28-24(8,9)16-18(4)11-2/h1-2,17-21H,12-16H2,3-9H3. The number of ether oxygens (including phenoxy) is 2. The van der Waals surface area contributed by atoms with E-state index in [1.165, 1.54) is 0 Å². The molecule has 5 unspecified atom stereocenters. The van der Waals surface area contributed by atoms with Gasteiger partial charge >= 0.3 is 11.9 Å². The van der Waals surface area contributed by atoms with Crippen LogP contribution >= 0.6 is 0 Å². The predicted octanol–water partition coefficient (Wildman–Crippen LogP) is 5.00. The van der Waals surface area contributed by atoms with Crippen LogP contribution in [0.3, 0.4) is 0 Å². The summed E-state index contributed by atoms with van der Waals surface area (Å²) in [6.07, 6.45) is 13.3. The topological polar surface area (TPSA) is 52.6 Å². The van der Waals surface area contributed by atoms with E-state index in [2.05, 4.69) is 11.8 Å². The normalized spacial score (nSPS) is 16.6. The number of hydrogen-bond acceptors (Lipinski definition) is 4. The van der Waals surface area contributed by atoms with Crippen molar-refractivity contribution < 1.29 is 19.1 Å². The number of hydrogen-bond donors (Lipinski definition) is 0. The lowest BCUT2D eigenvalue weighted by Gasteiger charge is -2.27. The van der Waals surface area contributed by atoms with Crippen molar-refractivity contribution in [2.45, 2.75) is 92.3 Å². The molecule has 0 rings (SSSR count). The zero-order valence-corrected chi connectivity index (χ0v) is 18.7. The molecular formula is C24H38O4. The van der Waals surface area contributed by atoms with Gasteiger partial charge in [-0.2, -0.15) is 0 Å². The third-order valence-corrected chi connectivity index (χ3v) is 4.61. The summed E-state index contributed by atoms with van der Waals surface area (Å²) in [5, 5.41) is 0. The molecule has 0 saturated carbocycles. The van der Waals surface area contributed by atoms with E-state index in [-0.39, 0.29) is 41.7 Å². The molecule has 0 aliphatic carbocycles. The number of terminal acetylenes is 2. The SMILES string of the molecule is C#CC(C)CC(C)OC(=O)CC(C)CC(C)CC(=O)OC(C)(C)CC(C)C#C. The van der Waals surface area contributed by atoms with Gasteiger partial charge in [0, 0.05) is 31.1 Å². The number of carbonyl (C=O) groups is 2. The van der Waals surface area contributed by atoms with Crippen molar-refractivity contribution in [2.75, 3.05) is 0 Å². The number of rotatable bonds is 12. The zero-order chi connectivity index (χ0) is 21.9. The Labute approximate surface area is 172 Å². The summed E-state index contributed by atoms with van der Waals surface area (Å²) < 4.78 is 11.0. The average Bonchev–Trinajstić information content (AvgIpc) is 2.52. The van der Waals surface area contributed by atoms with Gasteiger partial charge in [0.2, 0.25) is 0 Å². The largest absolute Gasteiger partial charge is 0.463 e. The molecule has 0 spiro atoms. The van der Waals surface area contributed by atoms with Gasteiger partial charge < -0.3 is 9.47 Å². The monoisotopic (exact) mass is 390 g/mol. The average molecular weight is 391 g/mol. The van der Waals surface area contributed by atoms with Crippen LogP contribution in [-0.2, 0) is 19.1 Å². The first kappa shape index (κ1) is 26.1. The quantitative estimate of drug-likeness (QED) is 0.347. The summed E-state index contributed by atoms with van der Waals surface area (Å²) in [6, 6.07) is 0. The minimum atomic E-state index is -0.580. The molecule has 0 aromatic rings. The molecule has 4 nitrogen and oxygen atoms in total. The molecule has 5 atom stereocenters. The lowest BCUT2D eigenvalue weighted by atomic mass is 9.92. The first-order chi connectivity index (χ1) is 12.9. The molecule has 0 aliphatic heterocycles. The minimum absolute atomic E-state index is 0.0530. The Hall–Kier alpha value is -1.94. The molecule has 0 aromatic carbocycles. The third kappa shape index (κ3) is 12.4. The Balaban J connectivity index is 4.32.